The van der Waals surface area contributed by atoms with E-state index in [9.17, 15) is 9.59 Å². The molecule has 296 valence electrons. The number of allylic oxidation sites excluding steroid dienone is 2. The predicted molar refractivity (Wildman–Crippen MR) is 218 cm³/mol. The summed E-state index contributed by atoms with van der Waals surface area (Å²) in [6, 6.07) is 5.41. The summed E-state index contributed by atoms with van der Waals surface area (Å²) in [5, 5.41) is 0.920. The van der Waals surface area contributed by atoms with Crippen molar-refractivity contribution in [3.05, 3.63) is 51.5 Å². The molecule has 1 heterocycles. The molecule has 5 fully saturated rings. The molecule has 0 spiro atoms. The largest absolute Gasteiger partial charge is 0.462 e. The molecule has 54 heavy (non-hydrogen) atoms. The van der Waals surface area contributed by atoms with Crippen LogP contribution in [0.5, 0.6) is 0 Å². The molecule has 1 aromatic rings. The van der Waals surface area contributed by atoms with Gasteiger partial charge in [0, 0.05) is 38.5 Å². The number of carbonyl (C=O) groups excluding carboxylic acids is 3. The second-order valence-corrected chi connectivity index (χ2v) is 21.1. The highest BCUT2D eigenvalue weighted by molar-refractivity contribution is 6.42. The predicted octanol–water partition coefficient (Wildman–Crippen LogP) is 10.5. The number of rotatable bonds is 6. The summed E-state index contributed by atoms with van der Waals surface area (Å²) >= 11 is 12.5. The summed E-state index contributed by atoms with van der Waals surface area (Å²) in [7, 11) is 0. The minimum atomic E-state index is -0.355. The average Bonchev–Trinajstić information content (AvgIpc) is 3.10. The van der Waals surface area contributed by atoms with E-state index in [2.05, 4.69) is 64.3 Å². The van der Waals surface area contributed by atoms with Crippen LogP contribution in [0.1, 0.15) is 125 Å². The Hall–Kier alpha value is -2.15. The molecule has 8 heteroatoms. The first-order valence-corrected chi connectivity index (χ1v) is 21.6. The third-order valence-electron chi connectivity index (χ3n) is 16.8. The van der Waals surface area contributed by atoms with E-state index in [0.29, 0.717) is 60.5 Å². The SMILES string of the molecule is CC(=O)O[C@H]1CC[C@]2(C)[C@H]3CC=C4[C@@H]5CC(C)(C)CC[C@]5(C(=O)N5CCN(CC(=O)/C=C/c6cccc(Cl)c6Cl)CC5)CC[C@@]4(C)[C@]3(C)CC[C@H]2C1(C)C. The summed E-state index contributed by atoms with van der Waals surface area (Å²) in [5.74, 6) is 1.54. The number of fused-ring (bicyclic) bond motifs is 7. The fourth-order valence-corrected chi connectivity index (χ4v) is 13.9. The average molecular weight is 780 g/mol. The van der Waals surface area contributed by atoms with Crippen molar-refractivity contribution in [2.75, 3.05) is 32.7 Å². The zero-order chi connectivity index (χ0) is 39.1. The lowest BCUT2D eigenvalue weighted by atomic mass is 9.33. The molecule has 0 radical (unpaired) electrons. The fraction of sp³-hybridized carbons (Fsp3) is 0.717. The molecule has 0 bridgehead atoms. The van der Waals surface area contributed by atoms with Crippen LogP contribution in [-0.2, 0) is 19.1 Å². The number of hydrogen-bond acceptors (Lipinski definition) is 5. The quantitative estimate of drug-likeness (QED) is 0.163. The Morgan fingerprint density at radius 3 is 2.28 bits per heavy atom. The Morgan fingerprint density at radius 2 is 1.57 bits per heavy atom. The first-order valence-electron chi connectivity index (χ1n) is 20.8. The number of piperazine rings is 1. The van der Waals surface area contributed by atoms with Gasteiger partial charge in [-0.1, -0.05) is 95.4 Å². The standard InChI is InChI=1S/C46H64Cl2N2O4/c1-30(51)54-38-17-18-43(6)36(42(38,4)5)16-19-45(8)37(43)15-14-33-34-28-41(2,3)20-22-46(34,23-21-44(33,45)7)40(53)50-26-24-49(25-27-50)29-32(52)13-12-31-10-9-11-35(47)39(31)48/h9-14,34,36-38H,15-29H2,1-8H3/b13-12+/t34-,36-,37+,38-,43-,44+,45+,46-/m0/s1. The minimum absolute atomic E-state index is 0.0190. The normalized spacial score (nSPS) is 38.7. The van der Waals surface area contributed by atoms with Gasteiger partial charge in [-0.2, -0.15) is 0 Å². The van der Waals surface area contributed by atoms with Crippen LogP contribution in [-0.4, -0.2) is 66.3 Å². The van der Waals surface area contributed by atoms with Gasteiger partial charge in [-0.3, -0.25) is 19.3 Å². The number of amides is 1. The summed E-state index contributed by atoms with van der Waals surface area (Å²) in [4.78, 5) is 44.5. The topological polar surface area (TPSA) is 66.9 Å². The molecule has 0 aromatic heterocycles. The third kappa shape index (κ3) is 6.45. The molecule has 8 atom stereocenters. The maximum absolute atomic E-state index is 15.1. The van der Waals surface area contributed by atoms with Crippen molar-refractivity contribution in [1.29, 1.82) is 0 Å². The number of nitrogens with zero attached hydrogens (tertiary/aromatic N) is 2. The number of halogens is 2. The summed E-state index contributed by atoms with van der Waals surface area (Å²) in [6.07, 6.45) is 16.5. The van der Waals surface area contributed by atoms with E-state index in [4.69, 9.17) is 27.9 Å². The number of esters is 1. The molecule has 7 rings (SSSR count). The van der Waals surface area contributed by atoms with Gasteiger partial charge in [0.2, 0.25) is 5.91 Å². The van der Waals surface area contributed by atoms with Crippen molar-refractivity contribution in [1.82, 2.24) is 9.80 Å². The molecular weight excluding hydrogens is 715 g/mol. The van der Waals surface area contributed by atoms with E-state index in [-0.39, 0.29) is 56.3 Å². The van der Waals surface area contributed by atoms with Crippen LogP contribution in [0, 0.1) is 50.2 Å². The van der Waals surface area contributed by atoms with Crippen molar-refractivity contribution >= 4 is 46.9 Å². The van der Waals surface area contributed by atoms with Gasteiger partial charge in [-0.05, 0) is 127 Å². The number of benzene rings is 1. The molecule has 1 aromatic carbocycles. The van der Waals surface area contributed by atoms with E-state index < -0.39 is 0 Å². The number of carbonyl (C=O) groups is 3. The summed E-state index contributed by atoms with van der Waals surface area (Å²) in [5.41, 5.74) is 2.47. The van der Waals surface area contributed by atoms with Crippen molar-refractivity contribution in [3.63, 3.8) is 0 Å². The molecule has 1 amide bonds. The van der Waals surface area contributed by atoms with Crippen molar-refractivity contribution in [2.45, 2.75) is 126 Å². The van der Waals surface area contributed by atoms with Gasteiger partial charge in [0.25, 0.3) is 0 Å². The van der Waals surface area contributed by atoms with E-state index in [1.807, 2.05) is 12.1 Å². The summed E-state index contributed by atoms with van der Waals surface area (Å²) < 4.78 is 5.97. The van der Waals surface area contributed by atoms with Gasteiger partial charge in [-0.25, -0.2) is 0 Å². The van der Waals surface area contributed by atoms with Crippen LogP contribution in [0.4, 0.5) is 0 Å². The van der Waals surface area contributed by atoms with E-state index in [0.717, 1.165) is 63.4 Å². The molecule has 1 saturated heterocycles. The van der Waals surface area contributed by atoms with Gasteiger partial charge >= 0.3 is 5.97 Å². The lowest BCUT2D eigenvalue weighted by molar-refractivity contribution is -0.212. The van der Waals surface area contributed by atoms with Crippen LogP contribution < -0.4 is 0 Å². The Bertz CT molecular complexity index is 1740. The van der Waals surface area contributed by atoms with Crippen LogP contribution in [0.25, 0.3) is 6.08 Å². The van der Waals surface area contributed by atoms with Gasteiger partial charge in [-0.15, -0.1) is 0 Å². The van der Waals surface area contributed by atoms with Gasteiger partial charge in [0.1, 0.15) is 6.10 Å². The lowest BCUT2D eigenvalue weighted by Gasteiger charge is -2.71. The number of hydrogen-bond donors (Lipinski definition) is 0. The molecule has 4 saturated carbocycles. The van der Waals surface area contributed by atoms with Crippen LogP contribution in [0.2, 0.25) is 10.0 Å². The first-order chi connectivity index (χ1) is 25.3. The summed E-state index contributed by atoms with van der Waals surface area (Å²) in [6.45, 7) is 21.9. The van der Waals surface area contributed by atoms with E-state index in [1.54, 1.807) is 30.7 Å². The van der Waals surface area contributed by atoms with E-state index in [1.165, 1.54) is 6.42 Å². The van der Waals surface area contributed by atoms with Crippen LogP contribution in [0.15, 0.2) is 35.9 Å². The Morgan fingerprint density at radius 1 is 0.870 bits per heavy atom. The third-order valence-corrected chi connectivity index (χ3v) is 17.6. The van der Waals surface area contributed by atoms with Gasteiger partial charge in [0.05, 0.1) is 22.0 Å². The van der Waals surface area contributed by atoms with Crippen LogP contribution in [0.3, 0.4) is 0 Å². The lowest BCUT2D eigenvalue weighted by Crippen LogP contribution is -2.66. The molecule has 6 aliphatic rings. The minimum Gasteiger partial charge on any atom is -0.462 e. The monoisotopic (exact) mass is 778 g/mol. The highest BCUT2D eigenvalue weighted by atomic mass is 35.5. The molecule has 5 aliphatic carbocycles. The van der Waals surface area contributed by atoms with Crippen molar-refractivity contribution in [3.8, 4) is 0 Å². The number of ether oxygens (including phenoxy) is 1. The molecule has 1 aliphatic heterocycles. The molecule has 0 N–H and O–H groups in total. The number of ketones is 1. The smallest absolute Gasteiger partial charge is 0.302 e. The van der Waals surface area contributed by atoms with Crippen molar-refractivity contribution in [2.24, 2.45) is 50.2 Å². The second-order valence-electron chi connectivity index (χ2n) is 20.3. The molecule has 0 unspecified atom stereocenters. The highest BCUT2D eigenvalue weighted by Gasteiger charge is 2.69. The Kier molecular flexibility index (Phi) is 10.4. The zero-order valence-corrected chi connectivity index (χ0v) is 35.7. The fourth-order valence-electron chi connectivity index (χ4n) is 13.5. The maximum atomic E-state index is 15.1. The second kappa shape index (κ2) is 14.0. The van der Waals surface area contributed by atoms with Gasteiger partial charge in [0.15, 0.2) is 5.78 Å². The Labute approximate surface area is 334 Å². The molecule has 6 nitrogen and oxygen atoms in total. The first kappa shape index (κ1) is 40.1. The van der Waals surface area contributed by atoms with Gasteiger partial charge < -0.3 is 9.64 Å². The Balaban J connectivity index is 1.09. The van der Waals surface area contributed by atoms with E-state index >= 15 is 4.79 Å². The highest BCUT2D eigenvalue weighted by Crippen LogP contribution is 2.76. The molecular formula is C46H64Cl2N2O4. The van der Waals surface area contributed by atoms with Crippen molar-refractivity contribution < 1.29 is 19.1 Å². The van der Waals surface area contributed by atoms with Crippen LogP contribution >= 0.6 is 23.2 Å². The zero-order valence-electron chi connectivity index (χ0n) is 34.2. The maximum Gasteiger partial charge on any atom is 0.302 e.